The first-order chi connectivity index (χ1) is 31.7. The Labute approximate surface area is 373 Å². The molecule has 0 atom stereocenters. The average molecular weight is 814 g/mol. The SMILES string of the molecule is c1ccc(-c2ccc(N(c3ccc4c(c3)-c3ccccc3C43c4ccccc4-c4ccccc43)c3ccc4c(c3)C3(c5ccccc5Oc5ccccc53)c3ccccc3-4)cc2)cc1. The van der Waals surface area contributed by atoms with Crippen LogP contribution in [-0.2, 0) is 10.8 Å². The standard InChI is InChI=1S/C62H39NO/c1-2-16-40(17-3-1)41-30-32-42(33-31-41)63(43-35-37-55-50(38-43)48-21-7-11-25-54(48)61(55)51-22-8-4-18-45(51)46-19-5-9-23-52(46)61)44-34-36-49-47-20-6-10-24-53(47)62(58(49)39-44)56-26-12-14-28-59(56)64-60-29-15-13-27-57(60)62/h1-39H. The molecule has 298 valence electrons. The van der Waals surface area contributed by atoms with Gasteiger partial charge < -0.3 is 9.64 Å². The molecule has 0 aromatic heterocycles. The van der Waals surface area contributed by atoms with Crippen LogP contribution in [0.1, 0.15) is 44.5 Å². The molecule has 0 bridgehead atoms. The number of rotatable bonds is 4. The molecular weight excluding hydrogens is 775 g/mol. The van der Waals surface area contributed by atoms with Crippen LogP contribution in [-0.4, -0.2) is 0 Å². The van der Waals surface area contributed by atoms with Gasteiger partial charge in [-0.05, 0) is 126 Å². The van der Waals surface area contributed by atoms with Gasteiger partial charge in [0.1, 0.15) is 11.5 Å². The molecule has 2 spiro atoms. The fraction of sp³-hybridized carbons (Fsp3) is 0.0323. The lowest BCUT2D eigenvalue weighted by molar-refractivity contribution is 0.436. The lowest BCUT2D eigenvalue weighted by Gasteiger charge is -2.39. The van der Waals surface area contributed by atoms with E-state index in [-0.39, 0.29) is 0 Å². The molecule has 4 aliphatic rings. The van der Waals surface area contributed by atoms with Crippen molar-refractivity contribution in [3.8, 4) is 56.0 Å². The van der Waals surface area contributed by atoms with Gasteiger partial charge in [-0.3, -0.25) is 0 Å². The smallest absolute Gasteiger partial charge is 0.132 e. The molecular formula is C62H39NO. The molecule has 14 rings (SSSR count). The number of benzene rings is 10. The minimum atomic E-state index is -0.581. The third-order valence-electron chi connectivity index (χ3n) is 14.6. The van der Waals surface area contributed by atoms with Gasteiger partial charge in [-0.25, -0.2) is 0 Å². The summed E-state index contributed by atoms with van der Waals surface area (Å²) < 4.78 is 6.70. The average Bonchev–Trinajstić information content (AvgIpc) is 3.95. The van der Waals surface area contributed by atoms with Crippen molar-refractivity contribution in [2.24, 2.45) is 0 Å². The van der Waals surface area contributed by atoms with Crippen LogP contribution in [0.4, 0.5) is 17.1 Å². The Kier molecular flexibility index (Phi) is 7.28. The predicted molar refractivity (Wildman–Crippen MR) is 260 cm³/mol. The van der Waals surface area contributed by atoms with E-state index in [9.17, 15) is 0 Å². The van der Waals surface area contributed by atoms with Crippen molar-refractivity contribution in [1.29, 1.82) is 0 Å². The number of anilines is 3. The molecule has 1 aliphatic heterocycles. The zero-order valence-electron chi connectivity index (χ0n) is 34.9. The summed E-state index contributed by atoms with van der Waals surface area (Å²) in [5.74, 6) is 1.78. The molecule has 0 saturated carbocycles. The molecule has 0 unspecified atom stereocenters. The molecule has 64 heavy (non-hydrogen) atoms. The molecule has 1 heterocycles. The van der Waals surface area contributed by atoms with Crippen molar-refractivity contribution in [2.45, 2.75) is 10.8 Å². The van der Waals surface area contributed by atoms with Crippen LogP contribution in [0.3, 0.4) is 0 Å². The normalized spacial score (nSPS) is 14.3. The van der Waals surface area contributed by atoms with E-state index >= 15 is 0 Å². The van der Waals surface area contributed by atoms with E-state index in [0.29, 0.717) is 0 Å². The van der Waals surface area contributed by atoms with E-state index < -0.39 is 10.8 Å². The quantitative estimate of drug-likeness (QED) is 0.175. The Morgan fingerprint density at radius 2 is 0.625 bits per heavy atom. The Hall–Kier alpha value is -8.20. The second-order valence-electron chi connectivity index (χ2n) is 17.5. The highest BCUT2D eigenvalue weighted by molar-refractivity contribution is 5.97. The van der Waals surface area contributed by atoms with Gasteiger partial charge >= 0.3 is 0 Å². The van der Waals surface area contributed by atoms with Crippen molar-refractivity contribution < 1.29 is 4.74 Å². The first kappa shape index (κ1) is 35.4. The summed E-state index contributed by atoms with van der Waals surface area (Å²) in [6, 6.07) is 87.5. The largest absolute Gasteiger partial charge is 0.457 e. The summed E-state index contributed by atoms with van der Waals surface area (Å²) >= 11 is 0. The number of hydrogen-bond acceptors (Lipinski definition) is 2. The van der Waals surface area contributed by atoms with Crippen molar-refractivity contribution in [3.05, 3.63) is 281 Å². The lowest BCUT2D eigenvalue weighted by atomic mass is 9.66. The van der Waals surface area contributed by atoms with E-state index in [2.05, 4.69) is 241 Å². The Balaban J connectivity index is 1.02. The topological polar surface area (TPSA) is 12.5 Å². The minimum Gasteiger partial charge on any atom is -0.457 e. The third kappa shape index (κ3) is 4.54. The van der Waals surface area contributed by atoms with Gasteiger partial charge in [0.25, 0.3) is 0 Å². The maximum Gasteiger partial charge on any atom is 0.132 e. The molecule has 0 amide bonds. The first-order valence-electron chi connectivity index (χ1n) is 22.3. The van der Waals surface area contributed by atoms with Crippen LogP contribution in [0, 0.1) is 0 Å². The highest BCUT2D eigenvalue weighted by Crippen LogP contribution is 2.65. The number of hydrogen-bond donors (Lipinski definition) is 0. The fourth-order valence-corrected chi connectivity index (χ4v) is 12.1. The monoisotopic (exact) mass is 813 g/mol. The van der Waals surface area contributed by atoms with E-state index in [0.717, 1.165) is 39.7 Å². The predicted octanol–water partition coefficient (Wildman–Crippen LogP) is 15.6. The van der Waals surface area contributed by atoms with Crippen LogP contribution in [0.2, 0.25) is 0 Å². The van der Waals surface area contributed by atoms with Gasteiger partial charge in [0.15, 0.2) is 0 Å². The van der Waals surface area contributed by atoms with Gasteiger partial charge in [-0.2, -0.15) is 0 Å². The van der Waals surface area contributed by atoms with E-state index in [4.69, 9.17) is 4.74 Å². The Morgan fingerprint density at radius 3 is 1.19 bits per heavy atom. The third-order valence-corrected chi connectivity index (χ3v) is 14.6. The van der Waals surface area contributed by atoms with Crippen molar-refractivity contribution in [1.82, 2.24) is 0 Å². The maximum atomic E-state index is 6.70. The summed E-state index contributed by atoms with van der Waals surface area (Å²) in [4.78, 5) is 2.47. The Bertz CT molecular complexity index is 3460. The lowest BCUT2D eigenvalue weighted by Crippen LogP contribution is -2.32. The van der Waals surface area contributed by atoms with Crippen LogP contribution < -0.4 is 9.64 Å². The van der Waals surface area contributed by atoms with Crippen LogP contribution in [0.25, 0.3) is 44.5 Å². The summed E-state index contributed by atoms with van der Waals surface area (Å²) in [6.07, 6.45) is 0. The van der Waals surface area contributed by atoms with Gasteiger partial charge in [-0.1, -0.05) is 188 Å². The summed E-state index contributed by atoms with van der Waals surface area (Å²) in [7, 11) is 0. The zero-order chi connectivity index (χ0) is 42.0. The van der Waals surface area contributed by atoms with Crippen molar-refractivity contribution >= 4 is 17.1 Å². The highest BCUT2D eigenvalue weighted by Gasteiger charge is 2.53. The van der Waals surface area contributed by atoms with Crippen molar-refractivity contribution in [2.75, 3.05) is 4.90 Å². The summed E-state index contributed by atoms with van der Waals surface area (Å²) in [5.41, 5.74) is 22.6. The zero-order valence-corrected chi connectivity index (χ0v) is 34.9. The molecule has 2 heteroatoms. The first-order valence-corrected chi connectivity index (χ1v) is 22.3. The second kappa shape index (κ2) is 13.2. The van der Waals surface area contributed by atoms with Gasteiger partial charge in [0.05, 0.1) is 10.8 Å². The molecule has 3 aliphatic carbocycles. The number of ether oxygens (including phenoxy) is 1. The highest BCUT2D eigenvalue weighted by atomic mass is 16.5. The van der Waals surface area contributed by atoms with Crippen LogP contribution in [0.15, 0.2) is 237 Å². The Morgan fingerprint density at radius 1 is 0.250 bits per heavy atom. The summed E-state index contributed by atoms with van der Waals surface area (Å²) in [5, 5.41) is 0. The molecule has 2 nitrogen and oxygen atoms in total. The number of fused-ring (bicyclic) bond motifs is 19. The summed E-state index contributed by atoms with van der Waals surface area (Å²) in [6.45, 7) is 0. The molecule has 0 fully saturated rings. The number of para-hydroxylation sites is 2. The fourth-order valence-electron chi connectivity index (χ4n) is 12.1. The molecule has 10 aromatic rings. The van der Waals surface area contributed by atoms with E-state index in [1.54, 1.807) is 0 Å². The number of nitrogens with zero attached hydrogens (tertiary/aromatic N) is 1. The molecule has 0 saturated heterocycles. The van der Waals surface area contributed by atoms with Gasteiger partial charge in [0, 0.05) is 28.2 Å². The maximum absolute atomic E-state index is 6.70. The van der Waals surface area contributed by atoms with Crippen molar-refractivity contribution in [3.63, 3.8) is 0 Å². The van der Waals surface area contributed by atoms with E-state index in [1.165, 1.54) is 77.9 Å². The van der Waals surface area contributed by atoms with Crippen LogP contribution >= 0.6 is 0 Å². The molecule has 0 N–H and O–H groups in total. The molecule has 0 radical (unpaired) electrons. The van der Waals surface area contributed by atoms with Gasteiger partial charge in [-0.15, -0.1) is 0 Å². The molecule has 10 aromatic carbocycles. The van der Waals surface area contributed by atoms with Gasteiger partial charge in [0.2, 0.25) is 0 Å². The second-order valence-corrected chi connectivity index (χ2v) is 17.5. The minimum absolute atomic E-state index is 0.407. The van der Waals surface area contributed by atoms with E-state index in [1.807, 2.05) is 0 Å². The van der Waals surface area contributed by atoms with Crippen LogP contribution in [0.5, 0.6) is 11.5 Å².